The fourth-order valence-corrected chi connectivity index (χ4v) is 5.20. The Morgan fingerprint density at radius 3 is 2.30 bits per heavy atom. The van der Waals surface area contributed by atoms with E-state index in [9.17, 15) is 0 Å². The lowest BCUT2D eigenvalue weighted by Crippen LogP contribution is -2.12. The maximum atomic E-state index is 7.61. The number of aryl methyl sites for hydroxylation is 2. The lowest BCUT2D eigenvalue weighted by atomic mass is 9.86. The largest absolute Gasteiger partial charge is 0.344 e. The summed E-state index contributed by atoms with van der Waals surface area (Å²) in [7, 11) is 2.13. The molecule has 0 aromatic heterocycles. The molecule has 0 saturated carbocycles. The molecular weight excluding hydrogens is 534 g/mol. The molecule has 0 atom stereocenters. The summed E-state index contributed by atoms with van der Waals surface area (Å²) in [6, 6.07) is 34.0. The van der Waals surface area contributed by atoms with Crippen molar-refractivity contribution in [2.45, 2.75) is 40.5 Å². The molecule has 4 aromatic rings. The number of allylic oxidation sites excluding steroid dienone is 5. The van der Waals surface area contributed by atoms with Crippen molar-refractivity contribution in [3.8, 4) is 0 Å². The van der Waals surface area contributed by atoms with Gasteiger partial charge in [0.2, 0.25) is 0 Å². The van der Waals surface area contributed by atoms with Crippen molar-refractivity contribution in [2.75, 3.05) is 18.5 Å². The molecule has 0 aliphatic heterocycles. The van der Waals surface area contributed by atoms with E-state index in [-0.39, 0.29) is 0 Å². The van der Waals surface area contributed by atoms with Gasteiger partial charge >= 0.3 is 0 Å². The molecule has 0 unspecified atom stereocenters. The highest BCUT2D eigenvalue weighted by Gasteiger charge is 2.17. The highest BCUT2D eigenvalue weighted by Crippen LogP contribution is 2.37. The van der Waals surface area contributed by atoms with Crippen molar-refractivity contribution >= 4 is 40.4 Å². The third-order valence-corrected chi connectivity index (χ3v) is 7.54. The summed E-state index contributed by atoms with van der Waals surface area (Å²) < 4.78 is 0. The van der Waals surface area contributed by atoms with E-state index in [1.165, 1.54) is 45.4 Å². The summed E-state index contributed by atoms with van der Waals surface area (Å²) in [4.78, 5) is 2.26. The minimum absolute atomic E-state index is 0.560. The van der Waals surface area contributed by atoms with Gasteiger partial charge in [-0.15, -0.1) is 0 Å². The van der Waals surface area contributed by atoms with Crippen molar-refractivity contribution in [1.82, 2.24) is 0 Å². The molecule has 0 spiro atoms. The van der Waals surface area contributed by atoms with Crippen molar-refractivity contribution < 1.29 is 0 Å². The topological polar surface area (TPSA) is 53.1 Å². The smallest absolute Gasteiger partial charge is 0.0484 e. The van der Waals surface area contributed by atoms with Crippen LogP contribution in [0.5, 0.6) is 0 Å². The zero-order valence-corrected chi connectivity index (χ0v) is 27.0. The average Bonchev–Trinajstić information content (AvgIpc) is 3.08. The molecule has 3 nitrogen and oxygen atoms in total. The monoisotopic (exact) mass is 581 g/mol. The van der Waals surface area contributed by atoms with E-state index in [4.69, 9.17) is 11.1 Å². The van der Waals surface area contributed by atoms with Crippen LogP contribution in [-0.2, 0) is 6.42 Å². The Balaban J connectivity index is 0.000000296. The van der Waals surface area contributed by atoms with Crippen LogP contribution in [0.15, 0.2) is 122 Å². The fraction of sp³-hybridized carbons (Fsp3) is 0.195. The second-order valence-electron chi connectivity index (χ2n) is 10.4. The van der Waals surface area contributed by atoms with Gasteiger partial charge < -0.3 is 16.0 Å². The minimum atomic E-state index is 0.560. The normalized spacial score (nSPS) is 12.1. The zero-order chi connectivity index (χ0) is 31.9. The van der Waals surface area contributed by atoms with E-state index < -0.39 is 0 Å². The van der Waals surface area contributed by atoms with Crippen LogP contribution in [0, 0.1) is 12.3 Å². The number of para-hydroxylation sites is 2. The molecule has 3 N–H and O–H groups in total. The van der Waals surface area contributed by atoms with Crippen molar-refractivity contribution in [1.29, 1.82) is 5.41 Å². The third kappa shape index (κ3) is 8.89. The van der Waals surface area contributed by atoms with E-state index >= 15 is 0 Å². The van der Waals surface area contributed by atoms with Gasteiger partial charge in [0.15, 0.2) is 0 Å². The zero-order valence-electron chi connectivity index (χ0n) is 27.0. The van der Waals surface area contributed by atoms with Gasteiger partial charge in [-0.05, 0) is 83.9 Å². The predicted octanol–water partition coefficient (Wildman–Crippen LogP) is 10.5. The lowest BCUT2D eigenvalue weighted by Gasteiger charge is -2.25. The molecule has 0 radical (unpaired) electrons. The van der Waals surface area contributed by atoms with E-state index in [0.29, 0.717) is 6.54 Å². The summed E-state index contributed by atoms with van der Waals surface area (Å²) >= 11 is 0. The molecule has 0 bridgehead atoms. The van der Waals surface area contributed by atoms with E-state index in [1.807, 2.05) is 45.1 Å². The molecule has 44 heavy (non-hydrogen) atoms. The summed E-state index contributed by atoms with van der Waals surface area (Å²) in [6.45, 7) is 12.6. The number of nitrogens with one attached hydrogen (secondary N) is 1. The number of nitrogens with zero attached hydrogens (tertiary/aromatic N) is 1. The molecule has 3 heteroatoms. The van der Waals surface area contributed by atoms with Gasteiger partial charge in [-0.25, -0.2) is 0 Å². The quantitative estimate of drug-likeness (QED) is 0.161. The van der Waals surface area contributed by atoms with Gasteiger partial charge in [0.25, 0.3) is 0 Å². The summed E-state index contributed by atoms with van der Waals surface area (Å²) in [5.41, 5.74) is 18.6. The first-order valence-electron chi connectivity index (χ1n) is 15.5. The molecule has 5 rings (SSSR count). The molecule has 0 saturated heterocycles. The maximum absolute atomic E-state index is 7.61. The van der Waals surface area contributed by atoms with Crippen LogP contribution in [-0.4, -0.2) is 19.8 Å². The van der Waals surface area contributed by atoms with E-state index in [0.717, 1.165) is 35.1 Å². The molecular formula is C41H47N3. The van der Waals surface area contributed by atoms with Crippen LogP contribution >= 0.6 is 0 Å². The Labute approximate surface area is 265 Å². The van der Waals surface area contributed by atoms with Crippen molar-refractivity contribution in [3.05, 3.63) is 155 Å². The number of benzene rings is 4. The lowest BCUT2D eigenvalue weighted by molar-refractivity contribution is 0.998. The van der Waals surface area contributed by atoms with Crippen LogP contribution in [0.1, 0.15) is 60.6 Å². The minimum Gasteiger partial charge on any atom is -0.344 e. The number of anilines is 2. The van der Waals surface area contributed by atoms with Crippen LogP contribution in [0.3, 0.4) is 0 Å². The predicted molar refractivity (Wildman–Crippen MR) is 196 cm³/mol. The van der Waals surface area contributed by atoms with Crippen LogP contribution in [0.4, 0.5) is 11.4 Å². The Morgan fingerprint density at radius 2 is 1.61 bits per heavy atom. The Morgan fingerprint density at radius 1 is 0.886 bits per heavy atom. The van der Waals surface area contributed by atoms with Gasteiger partial charge in [-0.3, -0.25) is 0 Å². The van der Waals surface area contributed by atoms with Crippen molar-refractivity contribution in [2.24, 2.45) is 5.73 Å². The molecule has 1 aliphatic carbocycles. The van der Waals surface area contributed by atoms with Gasteiger partial charge in [-0.2, -0.15) is 0 Å². The SMILES string of the molecule is C/C=C(\C=N)c1ccc2c(c1)CCC(c1ccccc1N(C)c1ccccc1)=C2.C=C(/C=C\CN)c1cccc(C)c1.CC. The molecule has 0 amide bonds. The molecule has 1 aliphatic rings. The summed E-state index contributed by atoms with van der Waals surface area (Å²) in [5.74, 6) is 0. The molecule has 226 valence electrons. The molecule has 4 aromatic carbocycles. The Hall–Kier alpha value is -4.73. The Kier molecular flexibility index (Phi) is 13.4. The van der Waals surface area contributed by atoms with Gasteiger partial charge in [0.1, 0.15) is 0 Å². The third-order valence-electron chi connectivity index (χ3n) is 7.54. The first-order valence-corrected chi connectivity index (χ1v) is 15.5. The van der Waals surface area contributed by atoms with Gasteiger partial charge in [0.05, 0.1) is 0 Å². The van der Waals surface area contributed by atoms with Crippen molar-refractivity contribution in [3.63, 3.8) is 0 Å². The second-order valence-corrected chi connectivity index (χ2v) is 10.4. The van der Waals surface area contributed by atoms with Crippen LogP contribution in [0.2, 0.25) is 0 Å². The fourth-order valence-electron chi connectivity index (χ4n) is 5.20. The first-order chi connectivity index (χ1) is 21.4. The number of hydrogen-bond donors (Lipinski definition) is 2. The van der Waals surface area contributed by atoms with Crippen LogP contribution < -0.4 is 10.6 Å². The number of fused-ring (bicyclic) bond motifs is 1. The molecule has 0 heterocycles. The van der Waals surface area contributed by atoms with Crippen LogP contribution in [0.25, 0.3) is 22.8 Å². The summed E-state index contributed by atoms with van der Waals surface area (Å²) in [5, 5.41) is 7.61. The highest BCUT2D eigenvalue weighted by molar-refractivity contribution is 6.08. The maximum Gasteiger partial charge on any atom is 0.0484 e. The number of nitrogens with two attached hydrogens (primary N) is 1. The Bertz CT molecular complexity index is 1620. The van der Waals surface area contributed by atoms with Gasteiger partial charge in [0, 0.05) is 36.7 Å². The average molecular weight is 582 g/mol. The standard InChI is InChI=1S/C27H26N2.C12H15N.C2H6/c1-3-20(19-28)21-13-14-23-18-24(16-15-22(23)17-21)26-11-7-8-12-27(26)29(2)25-9-5-4-6-10-25;1-10-5-3-7-12(9-10)11(2)6-4-8-13;1-2/h3-14,17-19,28H,15-16H2,1-2H3;3-7,9H,2,8,13H2,1H3;1-2H3/b20-3+,28-19?;6-4-;. The van der Waals surface area contributed by atoms with E-state index in [2.05, 4.69) is 123 Å². The summed E-state index contributed by atoms with van der Waals surface area (Å²) in [6.07, 6.45) is 11.7. The highest BCUT2D eigenvalue weighted by atomic mass is 15.1. The first kappa shape index (κ1) is 33.8. The van der Waals surface area contributed by atoms with Gasteiger partial charge in [-0.1, -0.05) is 129 Å². The number of hydrogen-bond acceptors (Lipinski definition) is 3. The van der Waals surface area contributed by atoms with E-state index in [1.54, 1.807) is 0 Å². The second kappa shape index (κ2) is 17.4. The number of rotatable bonds is 8. The molecule has 0 fully saturated rings.